The van der Waals surface area contributed by atoms with Crippen LogP contribution in [0.1, 0.15) is 20.8 Å². The molecule has 0 fully saturated rings. The van der Waals surface area contributed by atoms with E-state index in [9.17, 15) is 14.9 Å². The molecule has 0 aliphatic rings. The Bertz CT molecular complexity index is 530. The van der Waals surface area contributed by atoms with E-state index in [1.165, 1.54) is 6.07 Å². The van der Waals surface area contributed by atoms with E-state index in [0.717, 1.165) is 6.20 Å². The van der Waals surface area contributed by atoms with Gasteiger partial charge in [-0.25, -0.2) is 9.78 Å². The van der Waals surface area contributed by atoms with Crippen LogP contribution in [0.4, 0.5) is 16.3 Å². The molecule has 1 heterocycles. The van der Waals surface area contributed by atoms with Gasteiger partial charge in [0.1, 0.15) is 17.6 Å². The minimum Gasteiger partial charge on any atom is -0.444 e. The number of nitro groups is 1. The van der Waals surface area contributed by atoms with Crippen LogP contribution in [0.5, 0.6) is 0 Å². The molecular formula is C12H17BrN4O4. The predicted octanol–water partition coefficient (Wildman–Crippen LogP) is 2.69. The number of hydrogen-bond donors (Lipinski definition) is 2. The molecule has 1 aromatic heterocycles. The highest BCUT2D eigenvalue weighted by molar-refractivity contribution is 9.10. The molecular weight excluding hydrogens is 344 g/mol. The molecule has 0 spiro atoms. The lowest BCUT2D eigenvalue weighted by atomic mass is 10.2. The van der Waals surface area contributed by atoms with Crippen molar-refractivity contribution in [1.82, 2.24) is 10.3 Å². The Morgan fingerprint density at radius 3 is 2.67 bits per heavy atom. The zero-order valence-corrected chi connectivity index (χ0v) is 13.6. The predicted molar refractivity (Wildman–Crippen MR) is 81.3 cm³/mol. The van der Waals surface area contributed by atoms with Gasteiger partial charge in [-0.3, -0.25) is 10.1 Å². The molecule has 0 atom stereocenters. The smallest absolute Gasteiger partial charge is 0.407 e. The van der Waals surface area contributed by atoms with Crippen molar-refractivity contribution in [3.05, 3.63) is 26.9 Å². The highest BCUT2D eigenvalue weighted by atomic mass is 79.9. The zero-order chi connectivity index (χ0) is 16.0. The van der Waals surface area contributed by atoms with E-state index in [0.29, 0.717) is 23.4 Å². The number of pyridine rings is 1. The molecule has 0 aliphatic heterocycles. The van der Waals surface area contributed by atoms with Gasteiger partial charge in [0, 0.05) is 19.2 Å². The van der Waals surface area contributed by atoms with E-state index in [2.05, 4.69) is 31.5 Å². The van der Waals surface area contributed by atoms with Crippen molar-refractivity contribution < 1.29 is 14.5 Å². The molecule has 1 amide bonds. The molecule has 0 saturated heterocycles. The van der Waals surface area contributed by atoms with Crippen LogP contribution in [-0.4, -0.2) is 34.7 Å². The summed E-state index contributed by atoms with van der Waals surface area (Å²) in [6.07, 6.45) is 0.661. The monoisotopic (exact) mass is 360 g/mol. The normalized spacial score (nSPS) is 10.9. The van der Waals surface area contributed by atoms with Gasteiger partial charge in [0.25, 0.3) is 5.69 Å². The number of aromatic nitrogens is 1. The molecule has 2 N–H and O–H groups in total. The minimum atomic E-state index is -0.541. The average molecular weight is 361 g/mol. The summed E-state index contributed by atoms with van der Waals surface area (Å²) in [6.45, 7) is 6.08. The second-order valence-corrected chi connectivity index (χ2v) is 5.99. The van der Waals surface area contributed by atoms with Crippen LogP contribution in [0.3, 0.4) is 0 Å². The first-order valence-corrected chi connectivity index (χ1v) is 6.99. The first-order chi connectivity index (χ1) is 9.69. The van der Waals surface area contributed by atoms with Crippen molar-refractivity contribution in [2.45, 2.75) is 26.4 Å². The summed E-state index contributed by atoms with van der Waals surface area (Å²) in [4.78, 5) is 25.4. The molecule has 1 aromatic rings. The van der Waals surface area contributed by atoms with Crippen LogP contribution in [0.2, 0.25) is 0 Å². The number of halogens is 1. The van der Waals surface area contributed by atoms with Gasteiger partial charge in [0.05, 0.1) is 9.40 Å². The van der Waals surface area contributed by atoms with Gasteiger partial charge in [0.15, 0.2) is 0 Å². The number of hydrogen-bond acceptors (Lipinski definition) is 6. The summed E-state index contributed by atoms with van der Waals surface area (Å²) in [5.74, 6) is 0.464. The third kappa shape index (κ3) is 6.39. The van der Waals surface area contributed by atoms with Crippen LogP contribution in [-0.2, 0) is 4.74 Å². The van der Waals surface area contributed by atoms with Crippen LogP contribution in [0.15, 0.2) is 16.7 Å². The number of nitrogens with one attached hydrogen (secondary N) is 2. The van der Waals surface area contributed by atoms with Crippen LogP contribution >= 0.6 is 15.9 Å². The molecule has 9 heteroatoms. The Balaban J connectivity index is 2.40. The molecule has 0 aliphatic carbocycles. The first kappa shape index (κ1) is 17.2. The maximum Gasteiger partial charge on any atom is 0.407 e. The number of rotatable bonds is 5. The van der Waals surface area contributed by atoms with Crippen molar-refractivity contribution in [2.24, 2.45) is 0 Å². The molecule has 116 valence electrons. The van der Waals surface area contributed by atoms with Crippen molar-refractivity contribution in [2.75, 3.05) is 18.4 Å². The molecule has 0 unspecified atom stereocenters. The van der Waals surface area contributed by atoms with Crippen molar-refractivity contribution >= 4 is 33.5 Å². The van der Waals surface area contributed by atoms with Gasteiger partial charge in [-0.05, 0) is 36.7 Å². The first-order valence-electron chi connectivity index (χ1n) is 6.20. The Kier molecular flexibility index (Phi) is 5.89. The summed E-state index contributed by atoms with van der Waals surface area (Å²) in [6, 6.07) is 1.36. The van der Waals surface area contributed by atoms with Gasteiger partial charge >= 0.3 is 6.09 Å². The third-order valence-corrected chi connectivity index (χ3v) is 2.73. The molecule has 0 aromatic carbocycles. The number of carbonyl (C=O) groups excluding carboxylic acids is 1. The lowest BCUT2D eigenvalue weighted by Gasteiger charge is -2.19. The van der Waals surface area contributed by atoms with Crippen LogP contribution in [0, 0.1) is 10.1 Å². The highest BCUT2D eigenvalue weighted by Gasteiger charge is 2.15. The Hall–Kier alpha value is -1.90. The van der Waals surface area contributed by atoms with E-state index in [1.807, 2.05) is 0 Å². The van der Waals surface area contributed by atoms with Gasteiger partial charge < -0.3 is 15.4 Å². The second-order valence-electron chi connectivity index (χ2n) is 5.14. The van der Waals surface area contributed by atoms with E-state index in [-0.39, 0.29) is 5.69 Å². The van der Waals surface area contributed by atoms with Crippen molar-refractivity contribution in [3.8, 4) is 0 Å². The number of nitrogens with zero attached hydrogens (tertiary/aromatic N) is 2. The number of anilines is 1. The van der Waals surface area contributed by atoms with E-state index < -0.39 is 16.6 Å². The zero-order valence-electron chi connectivity index (χ0n) is 12.0. The maximum absolute atomic E-state index is 11.4. The summed E-state index contributed by atoms with van der Waals surface area (Å²) < 4.78 is 5.56. The number of amides is 1. The highest BCUT2D eigenvalue weighted by Crippen LogP contribution is 2.23. The molecule has 0 bridgehead atoms. The average Bonchev–Trinajstić information content (AvgIpc) is 2.33. The van der Waals surface area contributed by atoms with Crippen molar-refractivity contribution in [1.29, 1.82) is 0 Å². The maximum atomic E-state index is 11.4. The molecule has 1 rings (SSSR count). The largest absolute Gasteiger partial charge is 0.444 e. The lowest BCUT2D eigenvalue weighted by Crippen LogP contribution is -2.35. The lowest BCUT2D eigenvalue weighted by molar-refractivity contribution is -0.385. The van der Waals surface area contributed by atoms with Gasteiger partial charge in [-0.15, -0.1) is 0 Å². The van der Waals surface area contributed by atoms with E-state index >= 15 is 0 Å². The third-order valence-electron chi connectivity index (χ3n) is 2.12. The second kappa shape index (κ2) is 7.21. The van der Waals surface area contributed by atoms with Crippen molar-refractivity contribution in [3.63, 3.8) is 0 Å². The molecule has 0 radical (unpaired) electrons. The van der Waals surface area contributed by atoms with Gasteiger partial charge in [-0.2, -0.15) is 0 Å². The fourth-order valence-electron chi connectivity index (χ4n) is 1.32. The molecule has 8 nitrogen and oxygen atoms in total. The van der Waals surface area contributed by atoms with Crippen LogP contribution < -0.4 is 10.6 Å². The molecule has 0 saturated carbocycles. The van der Waals surface area contributed by atoms with E-state index in [4.69, 9.17) is 4.74 Å². The number of carbonyl (C=O) groups is 1. The van der Waals surface area contributed by atoms with E-state index in [1.54, 1.807) is 20.8 Å². The van der Waals surface area contributed by atoms with Crippen LogP contribution in [0.25, 0.3) is 0 Å². The SMILES string of the molecule is CC(C)(C)OC(=O)NCCNc1ncc([N+](=O)[O-])cc1Br. The summed E-state index contributed by atoms with van der Waals surface area (Å²) in [5, 5.41) is 16.1. The number of alkyl carbamates (subject to hydrolysis) is 1. The minimum absolute atomic E-state index is 0.0979. The quantitative estimate of drug-likeness (QED) is 0.474. The fourth-order valence-corrected chi connectivity index (χ4v) is 1.79. The van der Waals surface area contributed by atoms with Gasteiger partial charge in [-0.1, -0.05) is 0 Å². The summed E-state index contributed by atoms with van der Waals surface area (Å²) >= 11 is 3.19. The topological polar surface area (TPSA) is 106 Å². The Morgan fingerprint density at radius 1 is 1.48 bits per heavy atom. The van der Waals surface area contributed by atoms with Gasteiger partial charge in [0.2, 0.25) is 0 Å². The fraction of sp³-hybridized carbons (Fsp3) is 0.500. The summed E-state index contributed by atoms with van der Waals surface area (Å²) in [7, 11) is 0. The standard InChI is InChI=1S/C12H17BrN4O4/c1-12(2,3)21-11(18)15-5-4-14-10-9(13)6-8(7-16-10)17(19)20/h6-7H,4-5H2,1-3H3,(H,14,16)(H,15,18). The summed E-state index contributed by atoms with van der Waals surface area (Å²) in [5.41, 5.74) is -0.639. The Morgan fingerprint density at radius 2 is 2.14 bits per heavy atom. The molecule has 21 heavy (non-hydrogen) atoms. The number of ether oxygens (including phenoxy) is 1. The Labute approximate surface area is 130 Å².